The summed E-state index contributed by atoms with van der Waals surface area (Å²) in [5.74, 6) is 0. The van der Waals surface area contributed by atoms with Gasteiger partial charge in [-0.25, -0.2) is 4.79 Å². The van der Waals surface area contributed by atoms with Gasteiger partial charge in [-0.15, -0.1) is 11.8 Å². The van der Waals surface area contributed by atoms with Gasteiger partial charge in [0.2, 0.25) is 0 Å². The van der Waals surface area contributed by atoms with Crippen LogP contribution in [-0.2, 0) is 0 Å². The Balaban J connectivity index is 2.34. The van der Waals surface area contributed by atoms with E-state index in [4.69, 9.17) is 5.53 Å². The van der Waals surface area contributed by atoms with Crippen LogP contribution in [0.4, 0.5) is 0 Å². The van der Waals surface area contributed by atoms with Gasteiger partial charge in [0, 0.05) is 16.4 Å². The van der Waals surface area contributed by atoms with Gasteiger partial charge in [-0.1, -0.05) is 5.11 Å². The molecule has 0 aromatic carbocycles. The summed E-state index contributed by atoms with van der Waals surface area (Å²) in [7, 11) is 0. The number of nitrogens with one attached hydrogen (secondary N) is 1. The average molecular weight is 348 g/mol. The first-order chi connectivity index (χ1) is 9.06. The van der Waals surface area contributed by atoms with Gasteiger partial charge >= 0.3 is 5.69 Å². The number of nitrogens with zero attached hydrogens (tertiary/aromatic N) is 4. The number of aromatic nitrogens is 2. The SMILES string of the molecule is [N-]=[N+]=N[C@H]1C[C@@H](n2cc(Br)c(=O)[nH]c2=O)S[C@@H]1CO. The van der Waals surface area contributed by atoms with E-state index in [1.54, 1.807) is 0 Å². The number of rotatable bonds is 3. The van der Waals surface area contributed by atoms with E-state index in [1.807, 2.05) is 0 Å². The number of hydrogen-bond acceptors (Lipinski definition) is 5. The fraction of sp³-hybridized carbons (Fsp3) is 0.556. The van der Waals surface area contributed by atoms with Crippen LogP contribution >= 0.6 is 27.7 Å². The molecule has 0 saturated carbocycles. The zero-order valence-electron chi connectivity index (χ0n) is 9.56. The Bertz CT molecular complexity index is 637. The predicted octanol–water partition coefficient (Wildman–Crippen LogP) is 0.974. The van der Waals surface area contributed by atoms with Gasteiger partial charge in [0.05, 0.1) is 22.5 Å². The second-order valence-corrected chi connectivity index (χ2v) is 6.24. The largest absolute Gasteiger partial charge is 0.395 e. The Hall–Kier alpha value is -1.22. The van der Waals surface area contributed by atoms with Crippen LogP contribution in [0.15, 0.2) is 25.4 Å². The van der Waals surface area contributed by atoms with E-state index in [0.29, 0.717) is 6.42 Å². The molecule has 10 heteroatoms. The maximum absolute atomic E-state index is 11.7. The van der Waals surface area contributed by atoms with Crippen LogP contribution in [-0.4, -0.2) is 32.6 Å². The zero-order chi connectivity index (χ0) is 14.0. The molecule has 1 aliphatic rings. The van der Waals surface area contributed by atoms with Gasteiger partial charge in [0.25, 0.3) is 5.56 Å². The fourth-order valence-electron chi connectivity index (χ4n) is 1.91. The topological polar surface area (TPSA) is 124 Å². The number of H-pyrrole nitrogens is 1. The smallest absolute Gasteiger partial charge is 0.329 e. The number of halogens is 1. The third kappa shape index (κ3) is 2.86. The lowest BCUT2D eigenvalue weighted by atomic mass is 10.1. The number of aliphatic hydroxyl groups excluding tert-OH is 1. The molecule has 0 spiro atoms. The molecule has 0 amide bonds. The Kier molecular flexibility index (Phi) is 4.35. The van der Waals surface area contributed by atoms with Gasteiger partial charge in [-0.3, -0.25) is 14.3 Å². The Labute approximate surface area is 119 Å². The highest BCUT2D eigenvalue weighted by Crippen LogP contribution is 2.42. The van der Waals surface area contributed by atoms with Crippen molar-refractivity contribution < 1.29 is 5.11 Å². The Morgan fingerprint density at radius 3 is 3.05 bits per heavy atom. The molecule has 0 aliphatic carbocycles. The number of azide groups is 1. The van der Waals surface area contributed by atoms with Crippen LogP contribution in [0.2, 0.25) is 0 Å². The molecular weight excluding hydrogens is 338 g/mol. The van der Waals surface area contributed by atoms with Crippen LogP contribution in [0.1, 0.15) is 11.8 Å². The van der Waals surface area contributed by atoms with Gasteiger partial charge in [0.1, 0.15) is 0 Å². The van der Waals surface area contributed by atoms with Crippen molar-refractivity contribution in [3.05, 3.63) is 42.0 Å². The molecule has 0 bridgehead atoms. The van der Waals surface area contributed by atoms with Crippen molar-refractivity contribution in [2.24, 2.45) is 5.11 Å². The number of thioether (sulfide) groups is 1. The van der Waals surface area contributed by atoms with E-state index in [1.165, 1.54) is 22.5 Å². The van der Waals surface area contributed by atoms with Crippen LogP contribution in [0.25, 0.3) is 10.4 Å². The maximum Gasteiger partial charge on any atom is 0.329 e. The molecule has 2 rings (SSSR count). The van der Waals surface area contributed by atoms with E-state index >= 15 is 0 Å². The average Bonchev–Trinajstić information content (AvgIpc) is 2.77. The van der Waals surface area contributed by atoms with Gasteiger partial charge in [0.15, 0.2) is 0 Å². The van der Waals surface area contributed by atoms with Crippen molar-refractivity contribution >= 4 is 27.7 Å². The van der Waals surface area contributed by atoms with Crippen molar-refractivity contribution in [2.75, 3.05) is 6.61 Å². The van der Waals surface area contributed by atoms with Crippen LogP contribution in [0.3, 0.4) is 0 Å². The number of aromatic amines is 1. The quantitative estimate of drug-likeness (QED) is 0.480. The van der Waals surface area contributed by atoms with Crippen molar-refractivity contribution in [3.63, 3.8) is 0 Å². The summed E-state index contributed by atoms with van der Waals surface area (Å²) < 4.78 is 1.62. The third-order valence-electron chi connectivity index (χ3n) is 2.82. The summed E-state index contributed by atoms with van der Waals surface area (Å²) >= 11 is 4.41. The first kappa shape index (κ1) is 14.2. The molecule has 102 valence electrons. The summed E-state index contributed by atoms with van der Waals surface area (Å²) in [5, 5.41) is 12.3. The molecule has 1 aliphatic heterocycles. The summed E-state index contributed by atoms with van der Waals surface area (Å²) in [6.07, 6.45) is 1.84. The molecule has 1 aromatic rings. The number of hydrogen-bond donors (Lipinski definition) is 2. The molecule has 1 aromatic heterocycles. The summed E-state index contributed by atoms with van der Waals surface area (Å²) in [4.78, 5) is 27.9. The normalized spacial score (nSPS) is 26.1. The second-order valence-electron chi connectivity index (χ2n) is 3.96. The van der Waals surface area contributed by atoms with E-state index in [-0.39, 0.29) is 27.7 Å². The molecule has 1 saturated heterocycles. The lowest BCUT2D eigenvalue weighted by Crippen LogP contribution is -2.31. The number of aliphatic hydroxyl groups is 1. The van der Waals surface area contributed by atoms with E-state index < -0.39 is 11.2 Å². The monoisotopic (exact) mass is 347 g/mol. The first-order valence-electron chi connectivity index (χ1n) is 5.38. The molecule has 0 unspecified atom stereocenters. The first-order valence-corrected chi connectivity index (χ1v) is 7.12. The molecule has 8 nitrogen and oxygen atoms in total. The lowest BCUT2D eigenvalue weighted by molar-refractivity contribution is 0.283. The molecule has 19 heavy (non-hydrogen) atoms. The molecule has 2 heterocycles. The minimum Gasteiger partial charge on any atom is -0.395 e. The highest BCUT2D eigenvalue weighted by Gasteiger charge is 2.35. The van der Waals surface area contributed by atoms with Crippen LogP contribution in [0, 0.1) is 0 Å². The van der Waals surface area contributed by atoms with Crippen molar-refractivity contribution in [2.45, 2.75) is 23.1 Å². The highest BCUT2D eigenvalue weighted by molar-refractivity contribution is 9.10. The Morgan fingerprint density at radius 2 is 2.42 bits per heavy atom. The highest BCUT2D eigenvalue weighted by atomic mass is 79.9. The Morgan fingerprint density at radius 1 is 1.68 bits per heavy atom. The van der Waals surface area contributed by atoms with Crippen molar-refractivity contribution in [1.29, 1.82) is 0 Å². The van der Waals surface area contributed by atoms with Crippen LogP contribution in [0.5, 0.6) is 0 Å². The molecule has 2 N–H and O–H groups in total. The predicted molar refractivity (Wildman–Crippen MR) is 74.1 cm³/mol. The summed E-state index contributed by atoms with van der Waals surface area (Å²) in [6, 6.07) is -0.373. The molecule has 3 atom stereocenters. The van der Waals surface area contributed by atoms with E-state index in [2.05, 4.69) is 30.9 Å². The van der Waals surface area contributed by atoms with Crippen molar-refractivity contribution in [3.8, 4) is 0 Å². The van der Waals surface area contributed by atoms with E-state index in [0.717, 1.165) is 0 Å². The van der Waals surface area contributed by atoms with Gasteiger partial charge in [-0.2, -0.15) is 0 Å². The maximum atomic E-state index is 11.7. The molecule has 1 fully saturated rings. The molecule has 0 radical (unpaired) electrons. The lowest BCUT2D eigenvalue weighted by Gasteiger charge is -2.12. The van der Waals surface area contributed by atoms with Crippen molar-refractivity contribution in [1.82, 2.24) is 9.55 Å². The summed E-state index contributed by atoms with van der Waals surface area (Å²) in [5.41, 5.74) is 7.46. The summed E-state index contributed by atoms with van der Waals surface area (Å²) in [6.45, 7) is -0.135. The minimum absolute atomic E-state index is 0.135. The fourth-order valence-corrected chi connectivity index (χ4v) is 3.66. The molecular formula is C9H10BrN5O3S. The third-order valence-corrected chi connectivity index (χ3v) is 4.93. The van der Waals surface area contributed by atoms with E-state index in [9.17, 15) is 14.7 Å². The second kappa shape index (κ2) is 5.83. The zero-order valence-corrected chi connectivity index (χ0v) is 12.0. The minimum atomic E-state index is -0.524. The van der Waals surface area contributed by atoms with Gasteiger partial charge < -0.3 is 5.11 Å². The van der Waals surface area contributed by atoms with Crippen LogP contribution < -0.4 is 11.2 Å². The standard InChI is InChI=1S/C9H10BrN5O3S/c10-4-2-15(9(18)12-8(4)17)7-1-5(13-14-11)6(3-16)19-7/h2,5-7,16H,1,3H2,(H,12,17,18)/t5-,6+,7-/m0/s1. The van der Waals surface area contributed by atoms with Gasteiger partial charge in [-0.05, 0) is 27.9 Å².